The van der Waals surface area contributed by atoms with Crippen molar-refractivity contribution < 1.29 is 9.59 Å². The maximum absolute atomic E-state index is 12.4. The zero-order valence-electron chi connectivity index (χ0n) is 12.3. The van der Waals surface area contributed by atoms with Crippen LogP contribution in [0.3, 0.4) is 0 Å². The first-order valence-corrected chi connectivity index (χ1v) is 7.66. The molecule has 0 saturated carbocycles. The van der Waals surface area contributed by atoms with Crippen LogP contribution in [0.5, 0.6) is 0 Å². The van der Waals surface area contributed by atoms with Crippen molar-refractivity contribution in [1.29, 1.82) is 0 Å². The fourth-order valence-corrected chi connectivity index (χ4v) is 2.35. The van der Waals surface area contributed by atoms with Crippen LogP contribution in [0.25, 0.3) is 0 Å². The number of nitrogens with one attached hydrogen (secondary N) is 1. The third kappa shape index (κ3) is 4.67. The van der Waals surface area contributed by atoms with Crippen molar-refractivity contribution in [3.05, 3.63) is 22.4 Å². The molecular formula is C14H22BrN3O2. The van der Waals surface area contributed by atoms with Gasteiger partial charge in [0.15, 0.2) is 0 Å². The van der Waals surface area contributed by atoms with E-state index in [-0.39, 0.29) is 18.4 Å². The fourth-order valence-electron chi connectivity index (χ4n) is 1.88. The lowest BCUT2D eigenvalue weighted by Crippen LogP contribution is -2.39. The minimum absolute atomic E-state index is 0.0771. The summed E-state index contributed by atoms with van der Waals surface area (Å²) in [5, 5.41) is 2.77. The molecule has 0 bridgehead atoms. The Morgan fingerprint density at radius 2 is 2.05 bits per heavy atom. The van der Waals surface area contributed by atoms with Crippen molar-refractivity contribution in [2.45, 2.75) is 33.2 Å². The number of carbonyl (C=O) groups excluding carboxylic acids is 2. The van der Waals surface area contributed by atoms with E-state index >= 15 is 0 Å². The second-order valence-corrected chi connectivity index (χ2v) is 5.66. The van der Waals surface area contributed by atoms with Gasteiger partial charge in [-0.25, -0.2) is 0 Å². The first-order chi connectivity index (χ1) is 9.49. The van der Waals surface area contributed by atoms with E-state index in [1.807, 2.05) is 17.7 Å². The van der Waals surface area contributed by atoms with Crippen molar-refractivity contribution in [1.82, 2.24) is 14.8 Å². The van der Waals surface area contributed by atoms with Crippen molar-refractivity contribution >= 4 is 27.7 Å². The van der Waals surface area contributed by atoms with Crippen molar-refractivity contribution in [3.63, 3.8) is 0 Å². The van der Waals surface area contributed by atoms with Gasteiger partial charge in [0.05, 0.1) is 6.54 Å². The van der Waals surface area contributed by atoms with Crippen LogP contribution in [0.15, 0.2) is 16.7 Å². The highest BCUT2D eigenvalue weighted by Gasteiger charge is 2.18. The van der Waals surface area contributed by atoms with Gasteiger partial charge >= 0.3 is 0 Å². The highest BCUT2D eigenvalue weighted by atomic mass is 79.9. The van der Waals surface area contributed by atoms with Crippen molar-refractivity contribution in [2.75, 3.05) is 20.1 Å². The number of hydrogen-bond acceptors (Lipinski definition) is 2. The lowest BCUT2D eigenvalue weighted by Gasteiger charge is -2.17. The Morgan fingerprint density at radius 3 is 2.65 bits per heavy atom. The molecule has 1 heterocycles. The van der Waals surface area contributed by atoms with Crippen LogP contribution in [-0.4, -0.2) is 41.4 Å². The molecule has 0 fully saturated rings. The van der Waals surface area contributed by atoms with Crippen molar-refractivity contribution in [3.8, 4) is 0 Å². The summed E-state index contributed by atoms with van der Waals surface area (Å²) in [6.07, 6.45) is 3.72. The molecule has 0 aliphatic rings. The van der Waals surface area contributed by atoms with E-state index in [4.69, 9.17) is 0 Å². The van der Waals surface area contributed by atoms with Crippen LogP contribution < -0.4 is 5.32 Å². The second-order valence-electron chi connectivity index (χ2n) is 4.75. The van der Waals surface area contributed by atoms with Gasteiger partial charge in [0.1, 0.15) is 5.69 Å². The van der Waals surface area contributed by atoms with Gasteiger partial charge in [-0.2, -0.15) is 0 Å². The molecule has 0 radical (unpaired) electrons. The molecule has 1 rings (SSSR count). The Kier molecular flexibility index (Phi) is 6.78. The first-order valence-electron chi connectivity index (χ1n) is 6.87. The van der Waals surface area contributed by atoms with Crippen LogP contribution in [0, 0.1) is 0 Å². The molecular weight excluding hydrogens is 322 g/mol. The largest absolute Gasteiger partial charge is 0.355 e. The molecule has 1 aromatic rings. The molecule has 1 N–H and O–H groups in total. The third-order valence-electron chi connectivity index (χ3n) is 2.85. The summed E-state index contributed by atoms with van der Waals surface area (Å²) >= 11 is 3.38. The summed E-state index contributed by atoms with van der Waals surface area (Å²) in [7, 11) is 1.64. The molecule has 112 valence electrons. The Hall–Kier alpha value is -1.30. The highest BCUT2D eigenvalue weighted by Crippen LogP contribution is 2.16. The quantitative estimate of drug-likeness (QED) is 0.825. The van der Waals surface area contributed by atoms with Crippen LogP contribution >= 0.6 is 15.9 Å². The standard InChI is InChI=1S/C14H22BrN3O2/c1-4-6-16-13(19)10-17(3)14(20)12-8-11(15)9-18(12)7-5-2/h8-9H,4-7,10H2,1-3H3,(H,16,19). The van der Waals surface area contributed by atoms with Crippen LogP contribution in [0.4, 0.5) is 0 Å². The van der Waals surface area contributed by atoms with Gasteiger partial charge < -0.3 is 14.8 Å². The molecule has 0 aliphatic carbocycles. The zero-order chi connectivity index (χ0) is 15.1. The third-order valence-corrected chi connectivity index (χ3v) is 3.28. The van der Waals surface area contributed by atoms with E-state index in [2.05, 4.69) is 28.2 Å². The number of aryl methyl sites for hydroxylation is 1. The molecule has 0 saturated heterocycles. The molecule has 0 aromatic carbocycles. The van der Waals surface area contributed by atoms with Gasteiger partial charge in [-0.05, 0) is 34.8 Å². The van der Waals surface area contributed by atoms with Gasteiger partial charge in [0.25, 0.3) is 5.91 Å². The molecule has 20 heavy (non-hydrogen) atoms. The van der Waals surface area contributed by atoms with E-state index in [1.165, 1.54) is 4.90 Å². The summed E-state index contributed by atoms with van der Waals surface area (Å²) in [4.78, 5) is 25.5. The van der Waals surface area contributed by atoms with Crippen LogP contribution in [0.1, 0.15) is 37.2 Å². The predicted molar refractivity (Wildman–Crippen MR) is 82.7 cm³/mol. The second kappa shape index (κ2) is 8.09. The van der Waals surface area contributed by atoms with Gasteiger partial charge in [-0.3, -0.25) is 9.59 Å². The van der Waals surface area contributed by atoms with E-state index in [9.17, 15) is 9.59 Å². The number of aromatic nitrogens is 1. The first kappa shape index (κ1) is 16.8. The topological polar surface area (TPSA) is 54.3 Å². The zero-order valence-corrected chi connectivity index (χ0v) is 13.9. The summed E-state index contributed by atoms with van der Waals surface area (Å²) in [5.41, 5.74) is 0.601. The molecule has 5 nitrogen and oxygen atoms in total. The van der Waals surface area contributed by atoms with Crippen LogP contribution in [-0.2, 0) is 11.3 Å². The lowest BCUT2D eigenvalue weighted by molar-refractivity contribution is -0.121. The Bertz CT molecular complexity index is 471. The number of rotatable bonds is 7. The number of likely N-dealkylation sites (N-methyl/N-ethyl adjacent to an activating group) is 1. The van der Waals surface area contributed by atoms with Gasteiger partial charge in [-0.15, -0.1) is 0 Å². The van der Waals surface area contributed by atoms with Gasteiger partial charge in [-0.1, -0.05) is 13.8 Å². The minimum Gasteiger partial charge on any atom is -0.355 e. The van der Waals surface area contributed by atoms with Gasteiger partial charge in [0, 0.05) is 30.8 Å². The molecule has 1 aromatic heterocycles. The average molecular weight is 344 g/mol. The number of carbonyl (C=O) groups is 2. The summed E-state index contributed by atoms with van der Waals surface area (Å²) in [6, 6.07) is 1.79. The molecule has 0 unspecified atom stereocenters. The van der Waals surface area contributed by atoms with E-state index in [1.54, 1.807) is 13.1 Å². The minimum atomic E-state index is -0.143. The maximum atomic E-state index is 12.4. The molecule has 0 spiro atoms. The Balaban J connectivity index is 2.71. The number of hydrogen-bond donors (Lipinski definition) is 1. The Morgan fingerprint density at radius 1 is 1.35 bits per heavy atom. The van der Waals surface area contributed by atoms with Crippen molar-refractivity contribution in [2.24, 2.45) is 0 Å². The SMILES string of the molecule is CCCNC(=O)CN(C)C(=O)c1cc(Br)cn1CCC. The highest BCUT2D eigenvalue weighted by molar-refractivity contribution is 9.10. The average Bonchev–Trinajstić information content (AvgIpc) is 2.76. The number of nitrogens with zero attached hydrogens (tertiary/aromatic N) is 2. The van der Waals surface area contributed by atoms with E-state index in [0.717, 1.165) is 23.9 Å². The smallest absolute Gasteiger partial charge is 0.270 e. The molecule has 2 amide bonds. The maximum Gasteiger partial charge on any atom is 0.270 e. The summed E-state index contributed by atoms with van der Waals surface area (Å²) in [5.74, 6) is -0.272. The summed E-state index contributed by atoms with van der Waals surface area (Å²) in [6.45, 7) is 5.54. The molecule has 0 aliphatic heterocycles. The monoisotopic (exact) mass is 343 g/mol. The van der Waals surface area contributed by atoms with Crippen LogP contribution in [0.2, 0.25) is 0 Å². The Labute approximate surface area is 128 Å². The van der Waals surface area contributed by atoms with E-state index in [0.29, 0.717) is 12.2 Å². The lowest BCUT2D eigenvalue weighted by atomic mass is 10.3. The summed E-state index contributed by atoms with van der Waals surface area (Å²) < 4.78 is 2.78. The predicted octanol–water partition coefficient (Wildman–Crippen LogP) is 2.26. The number of halogens is 1. The molecule has 6 heteroatoms. The normalized spacial score (nSPS) is 10.4. The fraction of sp³-hybridized carbons (Fsp3) is 0.571. The van der Waals surface area contributed by atoms with E-state index < -0.39 is 0 Å². The number of amides is 2. The van der Waals surface area contributed by atoms with Gasteiger partial charge in [0.2, 0.25) is 5.91 Å². The molecule has 0 atom stereocenters.